The molecule has 0 unspecified atom stereocenters. The molecule has 0 saturated carbocycles. The quantitative estimate of drug-likeness (QED) is 0.795. The molecular weight excluding hydrogens is 326 g/mol. The lowest BCUT2D eigenvalue weighted by Crippen LogP contribution is -2.42. The van der Waals surface area contributed by atoms with Gasteiger partial charge in [0.1, 0.15) is 11.4 Å². The van der Waals surface area contributed by atoms with Gasteiger partial charge in [-0.1, -0.05) is 25.5 Å². The fraction of sp³-hybridized carbons (Fsp3) is 0.524. The third kappa shape index (κ3) is 4.45. The van der Waals surface area contributed by atoms with Gasteiger partial charge in [0, 0.05) is 26.1 Å². The van der Waals surface area contributed by atoms with Crippen LogP contribution in [0.3, 0.4) is 0 Å². The molecule has 0 bridgehead atoms. The second kappa shape index (κ2) is 8.39. The van der Waals surface area contributed by atoms with Gasteiger partial charge in [-0.05, 0) is 49.9 Å². The van der Waals surface area contributed by atoms with Gasteiger partial charge < -0.3 is 9.64 Å². The highest BCUT2D eigenvalue weighted by Crippen LogP contribution is 2.21. The number of amides is 1. The van der Waals surface area contributed by atoms with Crippen LogP contribution >= 0.6 is 0 Å². The van der Waals surface area contributed by atoms with Gasteiger partial charge in [0.2, 0.25) is 0 Å². The van der Waals surface area contributed by atoms with E-state index in [1.165, 1.54) is 5.56 Å². The molecule has 1 atom stereocenters. The number of likely N-dealkylation sites (tertiary alicyclic amines) is 1. The van der Waals surface area contributed by atoms with Crippen molar-refractivity contribution in [1.82, 2.24) is 14.7 Å². The lowest BCUT2D eigenvalue weighted by molar-refractivity contribution is 0.0622. The third-order valence-corrected chi connectivity index (χ3v) is 4.94. The standard InChI is InChI=1S/C21H29N3O2/c1-4-7-18-13-20(23(3)22-18)21(25)24-11-6-9-17(14-24)15-26-19-10-5-8-16(2)12-19/h5,8,10,12-13,17H,4,6-7,9,11,14-15H2,1-3H3/t17-/m1/s1. The maximum atomic E-state index is 12.9. The molecule has 5 nitrogen and oxygen atoms in total. The number of ether oxygens (including phenoxy) is 1. The van der Waals surface area contributed by atoms with Crippen LogP contribution in [0.15, 0.2) is 30.3 Å². The van der Waals surface area contributed by atoms with Gasteiger partial charge in [0.05, 0.1) is 12.3 Å². The Labute approximate surface area is 156 Å². The summed E-state index contributed by atoms with van der Waals surface area (Å²) in [5.41, 5.74) is 2.88. The summed E-state index contributed by atoms with van der Waals surface area (Å²) in [6, 6.07) is 10.1. The molecular formula is C21H29N3O2. The number of hydrogen-bond donors (Lipinski definition) is 0. The van der Waals surface area contributed by atoms with Crippen LogP contribution in [0.5, 0.6) is 5.75 Å². The zero-order chi connectivity index (χ0) is 18.5. The number of rotatable bonds is 6. The third-order valence-electron chi connectivity index (χ3n) is 4.94. The number of carbonyl (C=O) groups excluding carboxylic acids is 1. The van der Waals surface area contributed by atoms with Crippen molar-refractivity contribution >= 4 is 5.91 Å². The van der Waals surface area contributed by atoms with E-state index in [1.807, 2.05) is 30.1 Å². The summed E-state index contributed by atoms with van der Waals surface area (Å²) in [6.45, 7) is 6.40. The van der Waals surface area contributed by atoms with Crippen molar-refractivity contribution in [2.24, 2.45) is 13.0 Å². The Morgan fingerprint density at radius 1 is 1.35 bits per heavy atom. The number of hydrogen-bond acceptors (Lipinski definition) is 3. The van der Waals surface area contributed by atoms with Gasteiger partial charge in [0.25, 0.3) is 5.91 Å². The molecule has 1 aliphatic rings. The number of benzene rings is 1. The average Bonchev–Trinajstić information content (AvgIpc) is 3.00. The fourth-order valence-corrected chi connectivity index (χ4v) is 3.57. The van der Waals surface area contributed by atoms with E-state index in [4.69, 9.17) is 4.74 Å². The van der Waals surface area contributed by atoms with Crippen molar-refractivity contribution in [1.29, 1.82) is 0 Å². The van der Waals surface area contributed by atoms with E-state index in [2.05, 4.69) is 31.1 Å². The Bertz CT molecular complexity index is 753. The maximum Gasteiger partial charge on any atom is 0.272 e. The predicted molar refractivity (Wildman–Crippen MR) is 103 cm³/mol. The van der Waals surface area contributed by atoms with Gasteiger partial charge in [-0.15, -0.1) is 0 Å². The minimum Gasteiger partial charge on any atom is -0.493 e. The molecule has 140 valence electrons. The molecule has 26 heavy (non-hydrogen) atoms. The average molecular weight is 355 g/mol. The van der Waals surface area contributed by atoms with Crippen molar-refractivity contribution < 1.29 is 9.53 Å². The van der Waals surface area contributed by atoms with E-state index >= 15 is 0 Å². The van der Waals surface area contributed by atoms with Crippen LogP contribution in [0, 0.1) is 12.8 Å². The van der Waals surface area contributed by atoms with E-state index in [-0.39, 0.29) is 5.91 Å². The Kier molecular flexibility index (Phi) is 5.96. The SMILES string of the molecule is CCCc1cc(C(=O)N2CCC[C@@H](COc3cccc(C)c3)C2)n(C)n1. The van der Waals surface area contributed by atoms with E-state index < -0.39 is 0 Å². The number of carbonyl (C=O) groups is 1. The Morgan fingerprint density at radius 2 is 2.19 bits per heavy atom. The summed E-state index contributed by atoms with van der Waals surface area (Å²) < 4.78 is 7.69. The lowest BCUT2D eigenvalue weighted by atomic mass is 9.98. The van der Waals surface area contributed by atoms with Crippen molar-refractivity contribution in [3.8, 4) is 5.75 Å². The van der Waals surface area contributed by atoms with Gasteiger partial charge in [-0.25, -0.2) is 0 Å². The highest BCUT2D eigenvalue weighted by molar-refractivity contribution is 5.92. The van der Waals surface area contributed by atoms with Crippen LogP contribution in [0.1, 0.15) is 47.9 Å². The molecule has 1 amide bonds. The smallest absolute Gasteiger partial charge is 0.272 e. The number of aryl methyl sites for hydroxylation is 3. The summed E-state index contributed by atoms with van der Waals surface area (Å²) in [5, 5.41) is 4.46. The monoisotopic (exact) mass is 355 g/mol. The first-order valence-corrected chi connectivity index (χ1v) is 9.58. The zero-order valence-corrected chi connectivity index (χ0v) is 16.1. The molecule has 0 N–H and O–H groups in total. The molecule has 1 saturated heterocycles. The molecule has 0 radical (unpaired) electrons. The number of aromatic nitrogens is 2. The fourth-order valence-electron chi connectivity index (χ4n) is 3.57. The second-order valence-corrected chi connectivity index (χ2v) is 7.28. The zero-order valence-electron chi connectivity index (χ0n) is 16.1. The second-order valence-electron chi connectivity index (χ2n) is 7.28. The molecule has 5 heteroatoms. The summed E-state index contributed by atoms with van der Waals surface area (Å²) in [7, 11) is 1.86. The van der Waals surface area contributed by atoms with Crippen molar-refractivity contribution in [2.45, 2.75) is 39.5 Å². The van der Waals surface area contributed by atoms with Crippen LogP contribution in [0.25, 0.3) is 0 Å². The first kappa shape index (κ1) is 18.5. The molecule has 1 fully saturated rings. The van der Waals surface area contributed by atoms with E-state index in [0.29, 0.717) is 18.2 Å². The van der Waals surface area contributed by atoms with Crippen molar-refractivity contribution in [2.75, 3.05) is 19.7 Å². The molecule has 1 aromatic carbocycles. The van der Waals surface area contributed by atoms with Crippen LogP contribution in [0.4, 0.5) is 0 Å². The first-order chi connectivity index (χ1) is 12.6. The van der Waals surface area contributed by atoms with Crippen molar-refractivity contribution in [3.63, 3.8) is 0 Å². The van der Waals surface area contributed by atoms with E-state index in [1.54, 1.807) is 4.68 Å². The van der Waals surface area contributed by atoms with E-state index in [0.717, 1.165) is 50.2 Å². The number of piperidine rings is 1. The molecule has 1 aromatic heterocycles. The van der Waals surface area contributed by atoms with Crippen LogP contribution in [-0.4, -0.2) is 40.3 Å². The van der Waals surface area contributed by atoms with E-state index in [9.17, 15) is 4.79 Å². The highest BCUT2D eigenvalue weighted by atomic mass is 16.5. The minimum absolute atomic E-state index is 0.0857. The lowest BCUT2D eigenvalue weighted by Gasteiger charge is -2.32. The Balaban J connectivity index is 1.60. The molecule has 3 rings (SSSR count). The van der Waals surface area contributed by atoms with Crippen LogP contribution < -0.4 is 4.74 Å². The van der Waals surface area contributed by atoms with Gasteiger partial charge in [-0.2, -0.15) is 5.10 Å². The molecule has 1 aliphatic heterocycles. The highest BCUT2D eigenvalue weighted by Gasteiger charge is 2.27. The van der Waals surface area contributed by atoms with Gasteiger partial charge in [0.15, 0.2) is 0 Å². The van der Waals surface area contributed by atoms with Gasteiger partial charge >= 0.3 is 0 Å². The summed E-state index contributed by atoms with van der Waals surface area (Å²) in [6.07, 6.45) is 4.07. The maximum absolute atomic E-state index is 12.9. The first-order valence-electron chi connectivity index (χ1n) is 9.58. The molecule has 2 aromatic rings. The minimum atomic E-state index is 0.0857. The predicted octanol–water partition coefficient (Wildman–Crippen LogP) is 3.61. The summed E-state index contributed by atoms with van der Waals surface area (Å²) in [5.74, 6) is 1.36. The normalized spacial score (nSPS) is 17.3. The Hall–Kier alpha value is -2.30. The Morgan fingerprint density at radius 3 is 2.96 bits per heavy atom. The van der Waals surface area contributed by atoms with Crippen molar-refractivity contribution in [3.05, 3.63) is 47.3 Å². The van der Waals surface area contributed by atoms with Crippen LogP contribution in [0.2, 0.25) is 0 Å². The largest absolute Gasteiger partial charge is 0.493 e. The number of nitrogens with zero attached hydrogens (tertiary/aromatic N) is 3. The van der Waals surface area contributed by atoms with Gasteiger partial charge in [-0.3, -0.25) is 9.48 Å². The molecule has 0 aliphatic carbocycles. The molecule has 2 heterocycles. The van der Waals surface area contributed by atoms with Crippen LogP contribution in [-0.2, 0) is 13.5 Å². The molecule has 0 spiro atoms. The topological polar surface area (TPSA) is 47.4 Å². The summed E-state index contributed by atoms with van der Waals surface area (Å²) in [4.78, 5) is 14.9. The summed E-state index contributed by atoms with van der Waals surface area (Å²) >= 11 is 0.